The van der Waals surface area contributed by atoms with Crippen LogP contribution in [-0.4, -0.2) is 84.8 Å². The molecule has 0 amide bonds. The molecular weight excluding hydrogens is 462 g/mol. The largest absolute Gasteiger partial charge is 0.388 e. The summed E-state index contributed by atoms with van der Waals surface area (Å²) in [6, 6.07) is 14.9. The van der Waals surface area contributed by atoms with Crippen molar-refractivity contribution >= 4 is 34.1 Å². The van der Waals surface area contributed by atoms with Crippen LogP contribution in [-0.2, 0) is 11.0 Å². The van der Waals surface area contributed by atoms with Gasteiger partial charge in [0.15, 0.2) is 0 Å². The summed E-state index contributed by atoms with van der Waals surface area (Å²) in [5, 5.41) is 3.33. The van der Waals surface area contributed by atoms with Gasteiger partial charge in [-0.2, -0.15) is 0 Å². The van der Waals surface area contributed by atoms with E-state index in [1.54, 1.807) is 16.1 Å². The Bertz CT molecular complexity index is 1020. The van der Waals surface area contributed by atoms with Crippen LogP contribution in [0.3, 0.4) is 0 Å². The van der Waals surface area contributed by atoms with E-state index in [0.717, 1.165) is 69.4 Å². The lowest BCUT2D eigenvalue weighted by Gasteiger charge is -2.36. The summed E-state index contributed by atoms with van der Waals surface area (Å²) < 4.78 is 14.5. The Kier molecular flexibility index (Phi) is 8.71. The van der Waals surface area contributed by atoms with E-state index in [2.05, 4.69) is 63.0 Å². The highest BCUT2D eigenvalue weighted by atomic mass is 32.2. The van der Waals surface area contributed by atoms with Gasteiger partial charge in [-0.25, -0.2) is 8.51 Å². The van der Waals surface area contributed by atoms with Crippen LogP contribution in [0.1, 0.15) is 13.3 Å². The maximum atomic E-state index is 12.7. The zero-order valence-electron chi connectivity index (χ0n) is 20.6. The van der Waals surface area contributed by atoms with E-state index in [0.29, 0.717) is 0 Å². The fraction of sp³-hybridized carbons (Fsp3) is 0.462. The van der Waals surface area contributed by atoms with Crippen LogP contribution in [0.2, 0.25) is 0 Å². The number of nitrogens with zero attached hydrogens (tertiary/aromatic N) is 4. The van der Waals surface area contributed by atoms with Gasteiger partial charge in [-0.15, -0.1) is 0 Å². The van der Waals surface area contributed by atoms with Crippen molar-refractivity contribution in [1.29, 1.82) is 0 Å². The van der Waals surface area contributed by atoms with Gasteiger partial charge in [-0.05, 0) is 64.3 Å². The molecular formula is C26H37N5OS2. The summed E-state index contributed by atoms with van der Waals surface area (Å²) >= 11 is 1.80. The number of allylic oxidation sites excluding steroid dienone is 1. The molecule has 1 atom stereocenters. The predicted molar refractivity (Wildman–Crippen MR) is 144 cm³/mol. The molecule has 0 aromatic heterocycles. The Morgan fingerprint density at radius 1 is 1.00 bits per heavy atom. The summed E-state index contributed by atoms with van der Waals surface area (Å²) in [4.78, 5) is 10.9. The molecule has 8 heteroatoms. The van der Waals surface area contributed by atoms with Gasteiger partial charge >= 0.3 is 0 Å². The molecule has 0 bridgehead atoms. The van der Waals surface area contributed by atoms with Crippen LogP contribution in [0.25, 0.3) is 0 Å². The third-order valence-electron chi connectivity index (χ3n) is 6.31. The van der Waals surface area contributed by atoms with Gasteiger partial charge < -0.3 is 15.1 Å². The Balaban J connectivity index is 1.38. The van der Waals surface area contributed by atoms with E-state index >= 15 is 0 Å². The van der Waals surface area contributed by atoms with Gasteiger partial charge in [0.25, 0.3) is 0 Å². The number of piperazine rings is 1. The molecule has 2 aliphatic heterocycles. The van der Waals surface area contributed by atoms with Crippen LogP contribution >= 0.6 is 11.8 Å². The molecule has 34 heavy (non-hydrogen) atoms. The molecule has 2 heterocycles. The fourth-order valence-electron chi connectivity index (χ4n) is 4.49. The second-order valence-electron chi connectivity index (χ2n) is 9.16. The van der Waals surface area contributed by atoms with E-state index in [9.17, 15) is 4.21 Å². The monoisotopic (exact) mass is 499 g/mol. The van der Waals surface area contributed by atoms with Gasteiger partial charge in [0.05, 0.1) is 16.3 Å². The lowest BCUT2D eigenvalue weighted by atomic mass is 10.2. The van der Waals surface area contributed by atoms with E-state index < -0.39 is 11.0 Å². The molecule has 2 aromatic rings. The topological polar surface area (TPSA) is 42.1 Å². The first-order valence-corrected chi connectivity index (χ1v) is 14.0. The predicted octanol–water partition coefficient (Wildman–Crippen LogP) is 4.00. The molecule has 184 valence electrons. The lowest BCUT2D eigenvalue weighted by molar-refractivity contribution is 0.133. The maximum Gasteiger partial charge on any atom is 0.127 e. The first-order chi connectivity index (χ1) is 16.4. The average molecular weight is 500 g/mol. The van der Waals surface area contributed by atoms with Crippen LogP contribution in [0.4, 0.5) is 11.4 Å². The van der Waals surface area contributed by atoms with Crippen molar-refractivity contribution in [3.63, 3.8) is 0 Å². The number of rotatable bonds is 10. The first kappa shape index (κ1) is 25.3. The molecule has 1 unspecified atom stereocenters. The Morgan fingerprint density at radius 2 is 1.68 bits per heavy atom. The van der Waals surface area contributed by atoms with Crippen molar-refractivity contribution in [3.8, 4) is 0 Å². The fourth-order valence-corrected chi connectivity index (χ4v) is 6.38. The van der Waals surface area contributed by atoms with Gasteiger partial charge in [-0.1, -0.05) is 30.5 Å². The molecule has 6 nitrogen and oxygen atoms in total. The minimum absolute atomic E-state index is 0.853. The van der Waals surface area contributed by atoms with Gasteiger partial charge in [0, 0.05) is 61.3 Å². The summed E-state index contributed by atoms with van der Waals surface area (Å²) in [6.45, 7) is 14.5. The van der Waals surface area contributed by atoms with E-state index in [-0.39, 0.29) is 0 Å². The minimum atomic E-state index is -1.15. The minimum Gasteiger partial charge on any atom is -0.388 e. The third-order valence-corrected chi connectivity index (χ3v) is 8.76. The number of fused-ring (bicyclic) bond motifs is 2. The van der Waals surface area contributed by atoms with Crippen molar-refractivity contribution in [2.24, 2.45) is 0 Å². The Labute approximate surface area is 211 Å². The lowest BCUT2D eigenvalue weighted by Crippen LogP contribution is -2.48. The van der Waals surface area contributed by atoms with Gasteiger partial charge in [-0.3, -0.25) is 4.90 Å². The summed E-state index contributed by atoms with van der Waals surface area (Å²) in [6.07, 6.45) is 1.09. The van der Waals surface area contributed by atoms with E-state index in [1.165, 1.54) is 21.2 Å². The van der Waals surface area contributed by atoms with Crippen molar-refractivity contribution < 1.29 is 4.21 Å². The van der Waals surface area contributed by atoms with E-state index in [4.69, 9.17) is 0 Å². The molecule has 0 aliphatic carbocycles. The number of nitrogens with one attached hydrogen (secondary N) is 1. The number of hydrogen-bond donors (Lipinski definition) is 1. The molecule has 0 radical (unpaired) electrons. The van der Waals surface area contributed by atoms with E-state index in [1.807, 2.05) is 27.1 Å². The number of anilines is 2. The van der Waals surface area contributed by atoms with Crippen LogP contribution < -0.4 is 10.2 Å². The molecule has 0 saturated carbocycles. The smallest absolute Gasteiger partial charge is 0.127 e. The van der Waals surface area contributed by atoms with Crippen LogP contribution in [0.15, 0.2) is 69.4 Å². The summed E-state index contributed by atoms with van der Waals surface area (Å²) in [7, 11) is 2.56. The number of para-hydroxylation sites is 1. The van der Waals surface area contributed by atoms with Crippen molar-refractivity contribution in [3.05, 3.63) is 54.7 Å². The number of benzene rings is 2. The normalized spacial score (nSPS) is 17.4. The Hall–Kier alpha value is -1.84. The highest BCUT2D eigenvalue weighted by Crippen LogP contribution is 2.48. The SMILES string of the molecule is C=C(C)NCCN1CCN(CCCN2c3ccccc3Sc3ccc(S(=O)N(C)C)cc32)CC1. The Morgan fingerprint density at radius 3 is 2.38 bits per heavy atom. The molecule has 0 spiro atoms. The zero-order chi connectivity index (χ0) is 24.1. The highest BCUT2D eigenvalue weighted by Gasteiger charge is 2.25. The second kappa shape index (κ2) is 11.7. The molecule has 2 aliphatic rings. The maximum absolute atomic E-state index is 12.7. The average Bonchev–Trinajstić information content (AvgIpc) is 2.83. The third kappa shape index (κ3) is 6.23. The van der Waals surface area contributed by atoms with Crippen molar-refractivity contribution in [1.82, 2.24) is 19.4 Å². The second-order valence-corrected chi connectivity index (χ2v) is 11.9. The van der Waals surface area contributed by atoms with Crippen LogP contribution in [0, 0.1) is 0 Å². The quantitative estimate of drug-likeness (QED) is 0.533. The highest BCUT2D eigenvalue weighted by molar-refractivity contribution is 7.99. The summed E-state index contributed by atoms with van der Waals surface area (Å²) in [5.41, 5.74) is 3.46. The summed E-state index contributed by atoms with van der Waals surface area (Å²) in [5.74, 6) is 0. The van der Waals surface area contributed by atoms with Gasteiger partial charge in [0.1, 0.15) is 11.0 Å². The molecule has 1 saturated heterocycles. The zero-order valence-corrected chi connectivity index (χ0v) is 22.3. The van der Waals surface area contributed by atoms with Gasteiger partial charge in [0.2, 0.25) is 0 Å². The first-order valence-electron chi connectivity index (χ1n) is 12.0. The molecule has 1 fully saturated rings. The standard InChI is InChI=1S/C26H37N5OS2/c1-21(2)27-12-15-30-18-16-29(17-19-30)13-7-14-31-23-8-5-6-9-25(23)33-26-11-10-22(20-24(26)31)34(32)28(3)4/h5-6,8-11,20,27H,1,7,12-19H2,2-4H3. The van der Waals surface area contributed by atoms with Crippen molar-refractivity contribution in [2.45, 2.75) is 28.0 Å². The number of hydrogen-bond acceptors (Lipinski definition) is 6. The molecule has 2 aromatic carbocycles. The van der Waals surface area contributed by atoms with Crippen molar-refractivity contribution in [2.75, 3.05) is 71.4 Å². The van der Waals surface area contributed by atoms with Crippen LogP contribution in [0.5, 0.6) is 0 Å². The molecule has 1 N–H and O–H groups in total. The molecule has 4 rings (SSSR count).